The molecule has 144 valence electrons. The quantitative estimate of drug-likeness (QED) is 0.642. The van der Waals surface area contributed by atoms with Crippen LogP contribution in [-0.2, 0) is 16.6 Å². The minimum atomic E-state index is -3.53. The summed E-state index contributed by atoms with van der Waals surface area (Å²) in [6.45, 7) is 0.276. The van der Waals surface area contributed by atoms with Crippen molar-refractivity contribution >= 4 is 15.9 Å². The van der Waals surface area contributed by atoms with Crippen LogP contribution in [-0.4, -0.2) is 21.4 Å². The lowest BCUT2D eigenvalue weighted by Crippen LogP contribution is -2.23. The molecule has 2 N–H and O–H groups in total. The van der Waals surface area contributed by atoms with Crippen LogP contribution in [0.15, 0.2) is 83.8 Å². The topological polar surface area (TPSA) is 84.5 Å². The fourth-order valence-electron chi connectivity index (χ4n) is 2.55. The smallest absolute Gasteiger partial charge is 0.251 e. The second kappa shape index (κ2) is 8.69. The lowest BCUT2D eigenvalue weighted by molar-refractivity contribution is 0.0950. The molecule has 0 heterocycles. The molecule has 0 saturated carbocycles. The van der Waals surface area contributed by atoms with Gasteiger partial charge >= 0.3 is 0 Å². The first-order valence-electron chi connectivity index (χ1n) is 8.62. The highest BCUT2D eigenvalue weighted by molar-refractivity contribution is 7.89. The highest BCUT2D eigenvalue weighted by Gasteiger charge is 2.13. The lowest BCUT2D eigenvalue weighted by Gasteiger charge is -2.12. The number of para-hydroxylation sites is 2. The van der Waals surface area contributed by atoms with Crippen LogP contribution in [0.3, 0.4) is 0 Å². The highest BCUT2D eigenvalue weighted by atomic mass is 32.2. The van der Waals surface area contributed by atoms with Crippen LogP contribution in [0.5, 0.6) is 11.5 Å². The molecular weight excluding hydrogens is 376 g/mol. The van der Waals surface area contributed by atoms with Crippen molar-refractivity contribution < 1.29 is 17.9 Å². The van der Waals surface area contributed by atoms with Crippen LogP contribution in [0.1, 0.15) is 15.9 Å². The number of hydrogen-bond acceptors (Lipinski definition) is 4. The molecule has 0 bridgehead atoms. The van der Waals surface area contributed by atoms with Gasteiger partial charge in [-0.05, 0) is 49.5 Å². The SMILES string of the molecule is CNS(=O)(=O)c1ccc(C(=O)NCc2ccccc2Oc2ccccc2)cc1. The van der Waals surface area contributed by atoms with Crippen molar-refractivity contribution in [3.63, 3.8) is 0 Å². The van der Waals surface area contributed by atoms with Gasteiger partial charge in [-0.3, -0.25) is 4.79 Å². The first-order valence-corrected chi connectivity index (χ1v) is 10.1. The second-order valence-electron chi connectivity index (χ2n) is 5.94. The molecule has 0 fully saturated rings. The van der Waals surface area contributed by atoms with Crippen LogP contribution in [0.4, 0.5) is 0 Å². The van der Waals surface area contributed by atoms with Gasteiger partial charge in [0.25, 0.3) is 5.91 Å². The highest BCUT2D eigenvalue weighted by Crippen LogP contribution is 2.25. The number of amides is 1. The Bertz CT molecular complexity index is 1050. The molecule has 3 aromatic carbocycles. The Hall–Kier alpha value is -3.16. The number of benzene rings is 3. The molecule has 1 amide bonds. The summed E-state index contributed by atoms with van der Waals surface area (Å²) < 4.78 is 31.6. The van der Waals surface area contributed by atoms with Crippen LogP contribution in [0, 0.1) is 0 Å². The summed E-state index contributed by atoms with van der Waals surface area (Å²) in [5, 5.41) is 2.83. The van der Waals surface area contributed by atoms with Gasteiger partial charge in [-0.15, -0.1) is 0 Å². The number of ether oxygens (including phenoxy) is 1. The van der Waals surface area contributed by atoms with Gasteiger partial charge in [0, 0.05) is 17.7 Å². The molecule has 0 saturated heterocycles. The van der Waals surface area contributed by atoms with Crippen molar-refractivity contribution in [3.05, 3.63) is 90.0 Å². The molecule has 28 heavy (non-hydrogen) atoms. The molecule has 0 atom stereocenters. The van der Waals surface area contributed by atoms with Crippen molar-refractivity contribution in [2.75, 3.05) is 7.05 Å². The number of rotatable bonds is 7. The Balaban J connectivity index is 1.68. The van der Waals surface area contributed by atoms with Gasteiger partial charge < -0.3 is 10.1 Å². The fraction of sp³-hybridized carbons (Fsp3) is 0.0952. The molecule has 3 aromatic rings. The summed E-state index contributed by atoms with van der Waals surface area (Å²) in [6, 6.07) is 22.6. The molecule has 7 heteroatoms. The van der Waals surface area contributed by atoms with Crippen LogP contribution >= 0.6 is 0 Å². The molecule has 0 aliphatic carbocycles. The summed E-state index contributed by atoms with van der Waals surface area (Å²) in [7, 11) is -2.19. The van der Waals surface area contributed by atoms with Crippen molar-refractivity contribution in [1.82, 2.24) is 10.0 Å². The molecular formula is C21H20N2O4S. The number of carbonyl (C=O) groups is 1. The fourth-order valence-corrected chi connectivity index (χ4v) is 3.28. The van der Waals surface area contributed by atoms with Gasteiger partial charge in [0.15, 0.2) is 0 Å². The van der Waals surface area contributed by atoms with Gasteiger partial charge in [-0.2, -0.15) is 0 Å². The van der Waals surface area contributed by atoms with Crippen LogP contribution in [0.25, 0.3) is 0 Å². The third kappa shape index (κ3) is 4.76. The first-order chi connectivity index (χ1) is 13.5. The predicted molar refractivity (Wildman–Crippen MR) is 107 cm³/mol. The average molecular weight is 396 g/mol. The Kier molecular flexibility index (Phi) is 6.08. The zero-order valence-electron chi connectivity index (χ0n) is 15.3. The van der Waals surface area contributed by atoms with E-state index in [-0.39, 0.29) is 17.3 Å². The number of nitrogens with one attached hydrogen (secondary N) is 2. The number of hydrogen-bond donors (Lipinski definition) is 2. The summed E-state index contributed by atoms with van der Waals surface area (Å²) in [5.41, 5.74) is 1.20. The van der Waals surface area contributed by atoms with Crippen molar-refractivity contribution in [2.24, 2.45) is 0 Å². The molecule has 6 nitrogen and oxygen atoms in total. The van der Waals surface area contributed by atoms with E-state index >= 15 is 0 Å². The van der Waals surface area contributed by atoms with Gasteiger partial charge in [0.2, 0.25) is 10.0 Å². The second-order valence-corrected chi connectivity index (χ2v) is 7.82. The molecule has 3 rings (SSSR count). The minimum absolute atomic E-state index is 0.105. The lowest BCUT2D eigenvalue weighted by atomic mass is 10.1. The van der Waals surface area contributed by atoms with Gasteiger partial charge in [-0.25, -0.2) is 13.1 Å². The van der Waals surface area contributed by atoms with Crippen LogP contribution in [0.2, 0.25) is 0 Å². The minimum Gasteiger partial charge on any atom is -0.457 e. The van der Waals surface area contributed by atoms with E-state index in [9.17, 15) is 13.2 Å². The average Bonchev–Trinajstić information content (AvgIpc) is 2.74. The molecule has 0 aromatic heterocycles. The van der Waals surface area contributed by atoms with Gasteiger partial charge in [0.05, 0.1) is 4.90 Å². The Labute approximate surface area is 164 Å². The maximum atomic E-state index is 12.4. The first kappa shape index (κ1) is 19.6. The predicted octanol–water partition coefficient (Wildman–Crippen LogP) is 3.32. The summed E-state index contributed by atoms with van der Waals surface area (Å²) in [5.74, 6) is 1.06. The number of sulfonamides is 1. The third-order valence-electron chi connectivity index (χ3n) is 4.08. The van der Waals surface area contributed by atoms with E-state index in [2.05, 4.69) is 10.0 Å². The maximum absolute atomic E-state index is 12.4. The maximum Gasteiger partial charge on any atom is 0.251 e. The van der Waals surface area contributed by atoms with Gasteiger partial charge in [0.1, 0.15) is 11.5 Å². The summed E-state index contributed by atoms with van der Waals surface area (Å²) >= 11 is 0. The van der Waals surface area contributed by atoms with E-state index < -0.39 is 10.0 Å². The standard InChI is InChI=1S/C21H20N2O4S/c1-22-28(25,26)19-13-11-16(12-14-19)21(24)23-15-17-7-5-6-10-20(17)27-18-8-3-2-4-9-18/h2-14,22H,15H2,1H3,(H,23,24). The summed E-state index contributed by atoms with van der Waals surface area (Å²) in [4.78, 5) is 12.5. The van der Waals surface area contributed by atoms with Crippen LogP contribution < -0.4 is 14.8 Å². The molecule has 0 aliphatic heterocycles. The zero-order chi connectivity index (χ0) is 20.0. The van der Waals surface area contributed by atoms with Gasteiger partial charge in [-0.1, -0.05) is 36.4 Å². The molecule has 0 unspecified atom stereocenters. The van der Waals surface area contributed by atoms with Crippen molar-refractivity contribution in [3.8, 4) is 11.5 Å². The Morgan fingerprint density at radius 3 is 2.21 bits per heavy atom. The van der Waals surface area contributed by atoms with E-state index in [0.717, 1.165) is 5.56 Å². The number of carbonyl (C=O) groups excluding carboxylic acids is 1. The normalized spacial score (nSPS) is 11.0. The Morgan fingerprint density at radius 1 is 0.893 bits per heavy atom. The van der Waals surface area contributed by atoms with E-state index in [0.29, 0.717) is 17.1 Å². The van der Waals surface area contributed by atoms with E-state index in [4.69, 9.17) is 4.74 Å². The van der Waals surface area contributed by atoms with Crippen molar-refractivity contribution in [1.29, 1.82) is 0 Å². The molecule has 0 aliphatic rings. The zero-order valence-corrected chi connectivity index (χ0v) is 16.1. The third-order valence-corrected chi connectivity index (χ3v) is 5.51. The van der Waals surface area contributed by atoms with E-state index in [1.165, 1.54) is 31.3 Å². The van der Waals surface area contributed by atoms with Crippen molar-refractivity contribution in [2.45, 2.75) is 11.4 Å². The molecule has 0 spiro atoms. The summed E-state index contributed by atoms with van der Waals surface area (Å²) in [6.07, 6.45) is 0. The van der Waals surface area contributed by atoms with E-state index in [1.807, 2.05) is 54.6 Å². The largest absolute Gasteiger partial charge is 0.457 e. The Morgan fingerprint density at radius 2 is 1.54 bits per heavy atom. The molecule has 0 radical (unpaired) electrons. The monoisotopic (exact) mass is 396 g/mol. The van der Waals surface area contributed by atoms with E-state index in [1.54, 1.807) is 0 Å².